The normalized spacial score (nSPS) is 51.8. The Labute approximate surface area is 139 Å². The minimum absolute atomic E-state index is 0.113. The molecule has 0 spiro atoms. The Kier molecular flexibility index (Phi) is 3.45. The predicted molar refractivity (Wildman–Crippen MR) is 87.7 cm³/mol. The third kappa shape index (κ3) is 2.07. The van der Waals surface area contributed by atoms with Crippen molar-refractivity contribution in [2.45, 2.75) is 78.2 Å². The van der Waals surface area contributed by atoms with E-state index in [1.165, 1.54) is 19.3 Å². The molecule has 3 nitrogen and oxygen atoms in total. The summed E-state index contributed by atoms with van der Waals surface area (Å²) in [4.78, 5) is 23.8. The van der Waals surface area contributed by atoms with Gasteiger partial charge >= 0.3 is 5.97 Å². The van der Waals surface area contributed by atoms with E-state index in [1.54, 1.807) is 6.92 Å². The SMILES string of the molecule is CC(=O)O[C@H]1CC[C@H]2[C@@H]3CC[C@H]4C(=O)CC[C@@]4(C)[C@H]3CC[C@]12C. The molecule has 0 unspecified atom stereocenters. The lowest BCUT2D eigenvalue weighted by molar-refractivity contribution is -0.159. The Morgan fingerprint density at radius 1 is 1.00 bits per heavy atom. The lowest BCUT2D eigenvalue weighted by Crippen LogP contribution is -2.52. The third-order valence-corrected chi connectivity index (χ3v) is 8.39. The van der Waals surface area contributed by atoms with Crippen LogP contribution in [0.4, 0.5) is 0 Å². The van der Waals surface area contributed by atoms with E-state index in [0.29, 0.717) is 23.5 Å². The zero-order valence-corrected chi connectivity index (χ0v) is 14.8. The number of carbonyl (C=O) groups is 2. The van der Waals surface area contributed by atoms with Crippen LogP contribution in [-0.4, -0.2) is 17.9 Å². The number of carbonyl (C=O) groups excluding carboxylic acids is 2. The molecule has 4 fully saturated rings. The van der Waals surface area contributed by atoms with Gasteiger partial charge in [-0.05, 0) is 68.1 Å². The van der Waals surface area contributed by atoms with Gasteiger partial charge in [-0.1, -0.05) is 13.8 Å². The number of esters is 1. The van der Waals surface area contributed by atoms with Gasteiger partial charge in [0.2, 0.25) is 0 Å². The summed E-state index contributed by atoms with van der Waals surface area (Å²) < 4.78 is 5.70. The van der Waals surface area contributed by atoms with Gasteiger partial charge in [0.05, 0.1) is 0 Å². The summed E-state index contributed by atoms with van der Waals surface area (Å²) in [5.74, 6) is 2.86. The van der Waals surface area contributed by atoms with Crippen LogP contribution >= 0.6 is 0 Å². The highest BCUT2D eigenvalue weighted by atomic mass is 16.5. The van der Waals surface area contributed by atoms with Crippen molar-refractivity contribution in [2.75, 3.05) is 0 Å². The van der Waals surface area contributed by atoms with Gasteiger partial charge in [-0.3, -0.25) is 9.59 Å². The second-order valence-electron chi connectivity index (χ2n) is 9.20. The van der Waals surface area contributed by atoms with Crippen LogP contribution < -0.4 is 0 Å². The number of hydrogen-bond donors (Lipinski definition) is 0. The van der Waals surface area contributed by atoms with Crippen molar-refractivity contribution >= 4 is 11.8 Å². The molecular weight excluding hydrogens is 288 g/mol. The topological polar surface area (TPSA) is 43.4 Å². The summed E-state index contributed by atoms with van der Waals surface area (Å²) in [7, 11) is 0. The summed E-state index contributed by atoms with van der Waals surface area (Å²) in [6.07, 6.45) is 8.94. The van der Waals surface area contributed by atoms with Gasteiger partial charge in [0.25, 0.3) is 0 Å². The van der Waals surface area contributed by atoms with E-state index in [1.807, 2.05) is 0 Å². The predicted octanol–water partition coefficient (Wildman–Crippen LogP) is 4.14. The molecule has 23 heavy (non-hydrogen) atoms. The molecule has 0 bridgehead atoms. The minimum Gasteiger partial charge on any atom is -0.462 e. The summed E-state index contributed by atoms with van der Waals surface area (Å²) in [6, 6.07) is 0. The maximum atomic E-state index is 12.3. The summed E-state index contributed by atoms with van der Waals surface area (Å²) in [5.41, 5.74) is 0.416. The highest BCUT2D eigenvalue weighted by Gasteiger charge is 2.62. The van der Waals surface area contributed by atoms with Crippen LogP contribution in [0.3, 0.4) is 0 Å². The zero-order chi connectivity index (χ0) is 16.4. The van der Waals surface area contributed by atoms with E-state index in [9.17, 15) is 9.59 Å². The first-order valence-electron chi connectivity index (χ1n) is 9.56. The second-order valence-corrected chi connectivity index (χ2v) is 9.20. The molecule has 0 aromatic heterocycles. The fourth-order valence-electron chi connectivity index (χ4n) is 7.26. The fourth-order valence-corrected chi connectivity index (χ4v) is 7.26. The van der Waals surface area contributed by atoms with Crippen LogP contribution in [0, 0.1) is 34.5 Å². The van der Waals surface area contributed by atoms with E-state index in [-0.39, 0.29) is 22.9 Å². The van der Waals surface area contributed by atoms with Crippen LogP contribution in [0.15, 0.2) is 0 Å². The molecular formula is C20H30O3. The largest absolute Gasteiger partial charge is 0.462 e. The van der Waals surface area contributed by atoms with E-state index in [4.69, 9.17) is 4.74 Å². The summed E-state index contributed by atoms with van der Waals surface area (Å²) in [6.45, 7) is 6.31. The number of ether oxygens (including phenoxy) is 1. The molecule has 0 N–H and O–H groups in total. The van der Waals surface area contributed by atoms with Crippen molar-refractivity contribution in [3.05, 3.63) is 0 Å². The molecule has 4 aliphatic rings. The Hall–Kier alpha value is -0.860. The number of ketones is 1. The first-order valence-corrected chi connectivity index (χ1v) is 9.56. The molecule has 0 radical (unpaired) electrons. The van der Waals surface area contributed by atoms with Crippen LogP contribution in [0.2, 0.25) is 0 Å². The monoisotopic (exact) mass is 318 g/mol. The van der Waals surface area contributed by atoms with Crippen molar-refractivity contribution in [2.24, 2.45) is 34.5 Å². The Morgan fingerprint density at radius 3 is 2.48 bits per heavy atom. The van der Waals surface area contributed by atoms with Gasteiger partial charge in [-0.15, -0.1) is 0 Å². The third-order valence-electron chi connectivity index (χ3n) is 8.39. The van der Waals surface area contributed by atoms with E-state index < -0.39 is 0 Å². The van der Waals surface area contributed by atoms with E-state index in [0.717, 1.165) is 38.0 Å². The molecule has 0 heterocycles. The Morgan fingerprint density at radius 2 is 1.74 bits per heavy atom. The standard InChI is InChI=1S/C20H30O3/c1-12(21)23-18-7-6-14-13-4-5-16-17(22)9-11-19(16,2)15(13)8-10-20(14,18)3/h13-16,18H,4-11H2,1-3H3/t13-,14-,15-,16-,18-,19-,20-/m0/s1. The average Bonchev–Trinajstić information content (AvgIpc) is 2.97. The molecule has 0 amide bonds. The highest BCUT2D eigenvalue weighted by molar-refractivity contribution is 5.84. The molecule has 128 valence electrons. The molecule has 0 aromatic carbocycles. The van der Waals surface area contributed by atoms with Gasteiger partial charge in [0.1, 0.15) is 11.9 Å². The van der Waals surface area contributed by atoms with E-state index in [2.05, 4.69) is 13.8 Å². The number of Topliss-reactive ketones (excluding diaryl/α,β-unsaturated/α-hetero) is 1. The maximum absolute atomic E-state index is 12.3. The molecule has 4 saturated carbocycles. The highest BCUT2D eigenvalue weighted by Crippen LogP contribution is 2.66. The quantitative estimate of drug-likeness (QED) is 0.682. The zero-order valence-electron chi connectivity index (χ0n) is 14.8. The Bertz CT molecular complexity index is 541. The smallest absolute Gasteiger partial charge is 0.302 e. The lowest BCUT2D eigenvalue weighted by Gasteiger charge is -2.56. The average molecular weight is 318 g/mol. The van der Waals surface area contributed by atoms with Crippen molar-refractivity contribution in [3.63, 3.8) is 0 Å². The number of hydrogen-bond acceptors (Lipinski definition) is 3. The van der Waals surface area contributed by atoms with Crippen molar-refractivity contribution in [1.29, 1.82) is 0 Å². The molecule has 0 aromatic rings. The second kappa shape index (κ2) is 5.07. The van der Waals surface area contributed by atoms with Crippen LogP contribution in [-0.2, 0) is 14.3 Å². The van der Waals surface area contributed by atoms with Crippen molar-refractivity contribution in [1.82, 2.24) is 0 Å². The maximum Gasteiger partial charge on any atom is 0.302 e. The Balaban J connectivity index is 1.61. The van der Waals surface area contributed by atoms with E-state index >= 15 is 0 Å². The summed E-state index contributed by atoms with van der Waals surface area (Å²) in [5, 5.41) is 0. The van der Waals surface area contributed by atoms with Gasteiger partial charge in [0, 0.05) is 24.7 Å². The van der Waals surface area contributed by atoms with Crippen molar-refractivity contribution in [3.8, 4) is 0 Å². The van der Waals surface area contributed by atoms with Crippen LogP contribution in [0.1, 0.15) is 72.1 Å². The molecule has 0 saturated heterocycles. The molecule has 0 aliphatic heterocycles. The molecule has 4 aliphatic carbocycles. The fraction of sp³-hybridized carbons (Fsp3) is 0.900. The van der Waals surface area contributed by atoms with Gasteiger partial charge in [-0.2, -0.15) is 0 Å². The summed E-state index contributed by atoms with van der Waals surface area (Å²) >= 11 is 0. The van der Waals surface area contributed by atoms with Crippen LogP contribution in [0.25, 0.3) is 0 Å². The molecule has 4 rings (SSSR count). The van der Waals surface area contributed by atoms with Crippen molar-refractivity contribution < 1.29 is 14.3 Å². The lowest BCUT2D eigenvalue weighted by atomic mass is 9.48. The molecule has 3 heteroatoms. The van der Waals surface area contributed by atoms with Gasteiger partial charge in [0.15, 0.2) is 0 Å². The molecule has 7 atom stereocenters. The van der Waals surface area contributed by atoms with Gasteiger partial charge in [-0.25, -0.2) is 0 Å². The first kappa shape index (κ1) is 15.7. The number of fused-ring (bicyclic) bond motifs is 5. The first-order chi connectivity index (χ1) is 10.9. The number of rotatable bonds is 1. The van der Waals surface area contributed by atoms with Crippen LogP contribution in [0.5, 0.6) is 0 Å². The minimum atomic E-state index is -0.129. The van der Waals surface area contributed by atoms with Gasteiger partial charge < -0.3 is 4.74 Å².